The first-order valence-electron chi connectivity index (χ1n) is 5.76. The van der Waals surface area contributed by atoms with E-state index in [2.05, 4.69) is 4.98 Å². The summed E-state index contributed by atoms with van der Waals surface area (Å²) in [5.41, 5.74) is 0.292. The monoisotopic (exact) mass is 289 g/mol. The summed E-state index contributed by atoms with van der Waals surface area (Å²) >= 11 is 11.4. The van der Waals surface area contributed by atoms with Crippen LogP contribution in [0, 0.1) is 0 Å². The number of ether oxygens (including phenoxy) is 2. The quantitative estimate of drug-likeness (QED) is 0.634. The summed E-state index contributed by atoms with van der Waals surface area (Å²) in [4.78, 5) is 15.5. The van der Waals surface area contributed by atoms with E-state index in [1.165, 1.54) is 12.3 Å². The SMILES string of the molecule is O=C(OCC1CCCCO1)c1cnc(Cl)c(Cl)c1. The Morgan fingerprint density at radius 1 is 1.50 bits per heavy atom. The van der Waals surface area contributed by atoms with Gasteiger partial charge in [0.25, 0.3) is 0 Å². The van der Waals surface area contributed by atoms with Gasteiger partial charge in [0.2, 0.25) is 0 Å². The third-order valence-electron chi connectivity index (χ3n) is 2.71. The van der Waals surface area contributed by atoms with Crippen LogP contribution in [0.1, 0.15) is 29.6 Å². The smallest absolute Gasteiger partial charge is 0.339 e. The van der Waals surface area contributed by atoms with Crippen molar-refractivity contribution < 1.29 is 14.3 Å². The number of rotatable bonds is 3. The Kier molecular flexibility index (Phi) is 4.80. The Labute approximate surface area is 115 Å². The van der Waals surface area contributed by atoms with Crippen molar-refractivity contribution >= 4 is 29.2 Å². The molecule has 6 heteroatoms. The third kappa shape index (κ3) is 3.57. The average molecular weight is 290 g/mol. The van der Waals surface area contributed by atoms with Gasteiger partial charge in [0.15, 0.2) is 0 Å². The van der Waals surface area contributed by atoms with Crippen molar-refractivity contribution in [2.75, 3.05) is 13.2 Å². The molecular weight excluding hydrogens is 277 g/mol. The summed E-state index contributed by atoms with van der Waals surface area (Å²) in [6.07, 6.45) is 4.45. The molecule has 0 radical (unpaired) electrons. The van der Waals surface area contributed by atoms with Crippen molar-refractivity contribution in [3.8, 4) is 0 Å². The summed E-state index contributed by atoms with van der Waals surface area (Å²) in [5, 5.41) is 0.406. The molecule has 2 heterocycles. The lowest BCUT2D eigenvalue weighted by Gasteiger charge is -2.22. The van der Waals surface area contributed by atoms with E-state index in [4.69, 9.17) is 32.7 Å². The van der Waals surface area contributed by atoms with Gasteiger partial charge >= 0.3 is 5.97 Å². The van der Waals surface area contributed by atoms with E-state index in [0.29, 0.717) is 5.56 Å². The van der Waals surface area contributed by atoms with Gasteiger partial charge in [0, 0.05) is 12.8 Å². The van der Waals surface area contributed by atoms with E-state index < -0.39 is 5.97 Å². The highest BCUT2D eigenvalue weighted by molar-refractivity contribution is 6.41. The van der Waals surface area contributed by atoms with Crippen LogP contribution >= 0.6 is 23.2 Å². The van der Waals surface area contributed by atoms with Crippen molar-refractivity contribution in [3.05, 3.63) is 28.0 Å². The highest BCUT2D eigenvalue weighted by Gasteiger charge is 2.17. The fourth-order valence-electron chi connectivity index (χ4n) is 1.72. The molecule has 2 rings (SSSR count). The first kappa shape index (κ1) is 13.6. The van der Waals surface area contributed by atoms with Crippen molar-refractivity contribution in [3.63, 3.8) is 0 Å². The molecule has 0 bridgehead atoms. The summed E-state index contributed by atoms with van der Waals surface area (Å²) in [7, 11) is 0. The van der Waals surface area contributed by atoms with Crippen molar-refractivity contribution in [2.45, 2.75) is 25.4 Å². The minimum absolute atomic E-state index is 0.00145. The Bertz CT molecular complexity index is 433. The second-order valence-corrected chi connectivity index (χ2v) is 4.85. The molecule has 4 nitrogen and oxygen atoms in total. The lowest BCUT2D eigenvalue weighted by Crippen LogP contribution is -2.26. The Hall–Kier alpha value is -0.840. The van der Waals surface area contributed by atoms with Crippen molar-refractivity contribution in [2.24, 2.45) is 0 Å². The van der Waals surface area contributed by atoms with E-state index in [-0.39, 0.29) is 22.9 Å². The molecular formula is C12H13Cl2NO3. The maximum Gasteiger partial charge on any atom is 0.339 e. The molecule has 98 valence electrons. The van der Waals surface area contributed by atoms with Crippen LogP contribution in [-0.2, 0) is 9.47 Å². The summed E-state index contributed by atoms with van der Waals surface area (Å²) in [6.45, 7) is 0.996. The number of carbonyl (C=O) groups excluding carboxylic acids is 1. The van der Waals surface area contributed by atoms with Gasteiger partial charge in [-0.25, -0.2) is 9.78 Å². The van der Waals surface area contributed by atoms with Gasteiger partial charge in [0.05, 0.1) is 16.7 Å². The normalized spacial score (nSPS) is 19.6. The van der Waals surface area contributed by atoms with Gasteiger partial charge in [-0.05, 0) is 25.3 Å². The van der Waals surface area contributed by atoms with E-state index in [1.807, 2.05) is 0 Å². The number of esters is 1. The number of halogens is 2. The molecule has 0 N–H and O–H groups in total. The zero-order valence-corrected chi connectivity index (χ0v) is 11.2. The lowest BCUT2D eigenvalue weighted by atomic mass is 10.1. The molecule has 0 spiro atoms. The molecule has 18 heavy (non-hydrogen) atoms. The van der Waals surface area contributed by atoms with Gasteiger partial charge < -0.3 is 9.47 Å². The zero-order chi connectivity index (χ0) is 13.0. The van der Waals surface area contributed by atoms with Crippen molar-refractivity contribution in [1.82, 2.24) is 4.98 Å². The topological polar surface area (TPSA) is 48.4 Å². The molecule has 1 atom stereocenters. The molecule has 1 saturated heterocycles. The highest BCUT2D eigenvalue weighted by Crippen LogP contribution is 2.20. The maximum absolute atomic E-state index is 11.7. The third-order valence-corrected chi connectivity index (χ3v) is 3.39. The number of carbonyl (C=O) groups is 1. The minimum atomic E-state index is -0.463. The number of hydrogen-bond acceptors (Lipinski definition) is 4. The zero-order valence-electron chi connectivity index (χ0n) is 9.70. The van der Waals surface area contributed by atoms with Crippen LogP contribution in [0.5, 0.6) is 0 Å². The summed E-state index contributed by atoms with van der Waals surface area (Å²) < 4.78 is 10.6. The van der Waals surface area contributed by atoms with Crippen LogP contribution in [0.2, 0.25) is 10.2 Å². The number of nitrogens with zero attached hydrogens (tertiary/aromatic N) is 1. The lowest BCUT2D eigenvalue weighted by molar-refractivity contribution is -0.0300. The second-order valence-electron chi connectivity index (χ2n) is 4.08. The molecule has 1 aliphatic rings. The average Bonchev–Trinajstić information content (AvgIpc) is 2.40. The molecule has 1 aromatic heterocycles. The molecule has 1 unspecified atom stereocenters. The first-order chi connectivity index (χ1) is 8.66. The first-order valence-corrected chi connectivity index (χ1v) is 6.52. The second kappa shape index (κ2) is 6.36. The van der Waals surface area contributed by atoms with Crippen LogP contribution in [0.4, 0.5) is 0 Å². The van der Waals surface area contributed by atoms with E-state index in [0.717, 1.165) is 25.9 Å². The van der Waals surface area contributed by atoms with Gasteiger partial charge in [-0.1, -0.05) is 23.2 Å². The molecule has 0 amide bonds. The van der Waals surface area contributed by atoms with E-state index >= 15 is 0 Å². The van der Waals surface area contributed by atoms with E-state index in [9.17, 15) is 4.79 Å². The van der Waals surface area contributed by atoms with Crippen LogP contribution in [-0.4, -0.2) is 30.3 Å². The van der Waals surface area contributed by atoms with Crippen molar-refractivity contribution in [1.29, 1.82) is 0 Å². The fraction of sp³-hybridized carbons (Fsp3) is 0.500. The molecule has 0 saturated carbocycles. The largest absolute Gasteiger partial charge is 0.459 e. The molecule has 1 fully saturated rings. The summed E-state index contributed by atoms with van der Waals surface area (Å²) in [5.74, 6) is -0.463. The van der Waals surface area contributed by atoms with Crippen LogP contribution in [0.25, 0.3) is 0 Å². The van der Waals surface area contributed by atoms with E-state index in [1.54, 1.807) is 0 Å². The van der Waals surface area contributed by atoms with Crippen LogP contribution in [0.15, 0.2) is 12.3 Å². The Morgan fingerprint density at radius 3 is 3.00 bits per heavy atom. The maximum atomic E-state index is 11.7. The van der Waals surface area contributed by atoms with Gasteiger partial charge in [-0.15, -0.1) is 0 Å². The standard InChI is InChI=1S/C12H13Cl2NO3/c13-10-5-8(6-15-11(10)14)12(16)18-7-9-3-1-2-4-17-9/h5-6,9H,1-4,7H2. The van der Waals surface area contributed by atoms with Gasteiger partial charge in [-0.2, -0.15) is 0 Å². The fourth-order valence-corrected chi connectivity index (χ4v) is 1.99. The molecule has 1 aromatic rings. The summed E-state index contributed by atoms with van der Waals surface area (Å²) in [6, 6.07) is 1.45. The number of hydrogen-bond donors (Lipinski definition) is 0. The number of pyridine rings is 1. The predicted molar refractivity (Wildman–Crippen MR) is 68.1 cm³/mol. The minimum Gasteiger partial charge on any atom is -0.459 e. The van der Waals surface area contributed by atoms with Crippen LogP contribution in [0.3, 0.4) is 0 Å². The Balaban J connectivity index is 1.88. The molecule has 0 aliphatic carbocycles. The Morgan fingerprint density at radius 2 is 2.33 bits per heavy atom. The highest BCUT2D eigenvalue weighted by atomic mass is 35.5. The van der Waals surface area contributed by atoms with Gasteiger partial charge in [0.1, 0.15) is 11.8 Å². The van der Waals surface area contributed by atoms with Crippen LogP contribution < -0.4 is 0 Å². The van der Waals surface area contributed by atoms with Gasteiger partial charge in [-0.3, -0.25) is 0 Å². The molecule has 1 aliphatic heterocycles. The predicted octanol–water partition coefficient (Wildman–Crippen LogP) is 3.11. The number of aromatic nitrogens is 1. The molecule has 0 aromatic carbocycles.